The van der Waals surface area contributed by atoms with Gasteiger partial charge in [0.15, 0.2) is 0 Å². The summed E-state index contributed by atoms with van der Waals surface area (Å²) >= 11 is 6.01. The van der Waals surface area contributed by atoms with E-state index < -0.39 is 6.04 Å². The predicted octanol–water partition coefficient (Wildman–Crippen LogP) is 2.88. The van der Waals surface area contributed by atoms with Crippen LogP contribution in [0.5, 0.6) is 5.75 Å². The number of para-hydroxylation sites is 1. The molecule has 0 aliphatic carbocycles. The van der Waals surface area contributed by atoms with Gasteiger partial charge in [0, 0.05) is 6.42 Å². The fraction of sp³-hybridized carbons (Fsp3) is 0.222. The van der Waals surface area contributed by atoms with Gasteiger partial charge in [-0.15, -0.1) is 0 Å². The van der Waals surface area contributed by atoms with Crippen molar-refractivity contribution in [2.75, 3.05) is 13.2 Å². The third-order valence-electron chi connectivity index (χ3n) is 3.80. The average Bonchev–Trinajstić information content (AvgIpc) is 2.85. The molecular formula is C18H17ClN2O3. The molecule has 2 aromatic carbocycles. The molecule has 1 atom stereocenters. The van der Waals surface area contributed by atoms with E-state index in [1.165, 1.54) is 4.90 Å². The van der Waals surface area contributed by atoms with Crippen LogP contribution in [0.3, 0.4) is 0 Å². The Balaban J connectivity index is 1.55. The fourth-order valence-electron chi connectivity index (χ4n) is 2.59. The number of nitrogens with one attached hydrogen (secondary N) is 1. The molecule has 1 fully saturated rings. The SMILES string of the molecule is O=C1N[C@H](Cc2ccccc2)C(=O)N1CCOc1ccccc1Cl. The number of hydrogen-bond acceptors (Lipinski definition) is 3. The van der Waals surface area contributed by atoms with Crippen LogP contribution in [-0.4, -0.2) is 36.0 Å². The summed E-state index contributed by atoms with van der Waals surface area (Å²) in [7, 11) is 0. The van der Waals surface area contributed by atoms with Crippen LogP contribution in [0.2, 0.25) is 5.02 Å². The van der Waals surface area contributed by atoms with Crippen LogP contribution in [0.15, 0.2) is 54.6 Å². The summed E-state index contributed by atoms with van der Waals surface area (Å²) in [5.74, 6) is 0.304. The van der Waals surface area contributed by atoms with Crippen molar-refractivity contribution >= 4 is 23.5 Å². The summed E-state index contributed by atoms with van der Waals surface area (Å²) in [4.78, 5) is 25.6. The molecule has 1 aliphatic rings. The molecule has 1 heterocycles. The maximum absolute atomic E-state index is 12.4. The Bertz CT molecular complexity index is 736. The third kappa shape index (κ3) is 3.68. The minimum Gasteiger partial charge on any atom is -0.490 e. The lowest BCUT2D eigenvalue weighted by Crippen LogP contribution is -2.35. The zero-order chi connectivity index (χ0) is 16.9. The quantitative estimate of drug-likeness (QED) is 0.820. The third-order valence-corrected chi connectivity index (χ3v) is 4.11. The molecule has 1 saturated heterocycles. The van der Waals surface area contributed by atoms with Crippen LogP contribution >= 0.6 is 11.6 Å². The Hall–Kier alpha value is -2.53. The second-order valence-electron chi connectivity index (χ2n) is 5.46. The molecule has 3 amide bonds. The Morgan fingerprint density at radius 1 is 1.04 bits per heavy atom. The highest BCUT2D eigenvalue weighted by atomic mass is 35.5. The maximum Gasteiger partial charge on any atom is 0.324 e. The van der Waals surface area contributed by atoms with Crippen molar-refractivity contribution in [3.63, 3.8) is 0 Å². The number of halogens is 1. The fourth-order valence-corrected chi connectivity index (χ4v) is 2.78. The number of amides is 3. The summed E-state index contributed by atoms with van der Waals surface area (Å²) in [5, 5.41) is 3.21. The van der Waals surface area contributed by atoms with Gasteiger partial charge in [0.2, 0.25) is 0 Å². The molecule has 24 heavy (non-hydrogen) atoms. The first-order valence-electron chi connectivity index (χ1n) is 7.68. The van der Waals surface area contributed by atoms with E-state index in [2.05, 4.69) is 5.32 Å². The summed E-state index contributed by atoms with van der Waals surface area (Å²) < 4.78 is 5.54. The van der Waals surface area contributed by atoms with Crippen molar-refractivity contribution in [3.8, 4) is 5.75 Å². The molecule has 0 aromatic heterocycles. The summed E-state index contributed by atoms with van der Waals surface area (Å²) in [6, 6.07) is 15.8. The smallest absolute Gasteiger partial charge is 0.324 e. The summed E-state index contributed by atoms with van der Waals surface area (Å²) in [5.41, 5.74) is 1.00. The minimum absolute atomic E-state index is 0.182. The number of carbonyl (C=O) groups excluding carboxylic acids is 2. The van der Waals surface area contributed by atoms with Crippen molar-refractivity contribution in [1.82, 2.24) is 10.2 Å². The van der Waals surface area contributed by atoms with Crippen LogP contribution in [-0.2, 0) is 11.2 Å². The van der Waals surface area contributed by atoms with Crippen LogP contribution in [0.4, 0.5) is 4.79 Å². The topological polar surface area (TPSA) is 58.6 Å². The lowest BCUT2D eigenvalue weighted by atomic mass is 10.1. The Labute approximate surface area is 145 Å². The van der Waals surface area contributed by atoms with E-state index in [-0.39, 0.29) is 25.1 Å². The van der Waals surface area contributed by atoms with Crippen molar-refractivity contribution in [2.45, 2.75) is 12.5 Å². The lowest BCUT2D eigenvalue weighted by molar-refractivity contribution is -0.127. The summed E-state index contributed by atoms with van der Waals surface area (Å²) in [6.07, 6.45) is 0.479. The molecule has 124 valence electrons. The second kappa shape index (κ2) is 7.36. The molecule has 0 bridgehead atoms. The Morgan fingerprint density at radius 3 is 2.50 bits per heavy atom. The highest BCUT2D eigenvalue weighted by Gasteiger charge is 2.37. The van der Waals surface area contributed by atoms with Crippen LogP contribution in [0.1, 0.15) is 5.56 Å². The molecule has 3 rings (SSSR count). The Morgan fingerprint density at radius 2 is 1.75 bits per heavy atom. The molecule has 1 aliphatic heterocycles. The van der Waals surface area contributed by atoms with E-state index in [0.29, 0.717) is 17.2 Å². The molecule has 2 aromatic rings. The first-order valence-corrected chi connectivity index (χ1v) is 8.06. The predicted molar refractivity (Wildman–Crippen MR) is 91.1 cm³/mol. The standard InChI is InChI=1S/C18H17ClN2O3/c19-14-8-4-5-9-16(14)24-11-10-21-17(22)15(20-18(21)23)12-13-6-2-1-3-7-13/h1-9,15H,10-12H2,(H,20,23)/t15-/m1/s1. The largest absolute Gasteiger partial charge is 0.490 e. The Kier molecular flexibility index (Phi) is 5.01. The first kappa shape index (κ1) is 16.3. The maximum atomic E-state index is 12.4. The molecular weight excluding hydrogens is 328 g/mol. The molecule has 6 heteroatoms. The number of carbonyl (C=O) groups is 2. The van der Waals surface area contributed by atoms with E-state index in [4.69, 9.17) is 16.3 Å². The van der Waals surface area contributed by atoms with E-state index >= 15 is 0 Å². The number of hydrogen-bond donors (Lipinski definition) is 1. The van der Waals surface area contributed by atoms with E-state index in [9.17, 15) is 9.59 Å². The lowest BCUT2D eigenvalue weighted by Gasteiger charge is -2.14. The number of ether oxygens (including phenoxy) is 1. The van der Waals surface area contributed by atoms with Gasteiger partial charge < -0.3 is 10.1 Å². The van der Waals surface area contributed by atoms with Crippen LogP contribution in [0, 0.1) is 0 Å². The van der Waals surface area contributed by atoms with Gasteiger partial charge in [0.25, 0.3) is 5.91 Å². The normalized spacial score (nSPS) is 17.0. The van der Waals surface area contributed by atoms with Gasteiger partial charge in [0.1, 0.15) is 18.4 Å². The number of rotatable bonds is 6. The van der Waals surface area contributed by atoms with E-state index in [1.807, 2.05) is 36.4 Å². The van der Waals surface area contributed by atoms with Gasteiger partial charge in [-0.05, 0) is 17.7 Å². The van der Waals surface area contributed by atoms with Gasteiger partial charge >= 0.3 is 6.03 Å². The van der Waals surface area contributed by atoms with Crippen LogP contribution < -0.4 is 10.1 Å². The number of urea groups is 1. The van der Waals surface area contributed by atoms with Crippen molar-refractivity contribution in [1.29, 1.82) is 0 Å². The van der Waals surface area contributed by atoms with Crippen molar-refractivity contribution < 1.29 is 14.3 Å². The summed E-state index contributed by atoms with van der Waals surface area (Å²) in [6.45, 7) is 0.377. The number of nitrogens with zero attached hydrogens (tertiary/aromatic N) is 1. The molecule has 1 N–H and O–H groups in total. The zero-order valence-electron chi connectivity index (χ0n) is 12.9. The van der Waals surface area contributed by atoms with Gasteiger partial charge in [-0.1, -0.05) is 54.1 Å². The average molecular weight is 345 g/mol. The monoisotopic (exact) mass is 344 g/mol. The van der Waals surface area contributed by atoms with Crippen molar-refractivity contribution in [3.05, 3.63) is 65.2 Å². The highest BCUT2D eigenvalue weighted by molar-refractivity contribution is 6.32. The highest BCUT2D eigenvalue weighted by Crippen LogP contribution is 2.23. The molecule has 5 nitrogen and oxygen atoms in total. The minimum atomic E-state index is -0.528. The molecule has 0 radical (unpaired) electrons. The zero-order valence-corrected chi connectivity index (χ0v) is 13.7. The van der Waals surface area contributed by atoms with E-state index in [0.717, 1.165) is 5.56 Å². The second-order valence-corrected chi connectivity index (χ2v) is 5.87. The first-order chi connectivity index (χ1) is 11.6. The molecule has 0 saturated carbocycles. The van der Waals surface area contributed by atoms with E-state index in [1.54, 1.807) is 18.2 Å². The van der Waals surface area contributed by atoms with Gasteiger partial charge in [-0.25, -0.2) is 4.79 Å². The number of imide groups is 1. The number of benzene rings is 2. The van der Waals surface area contributed by atoms with Gasteiger partial charge in [-0.2, -0.15) is 0 Å². The van der Waals surface area contributed by atoms with Crippen LogP contribution in [0.25, 0.3) is 0 Å². The molecule has 0 unspecified atom stereocenters. The molecule has 0 spiro atoms. The van der Waals surface area contributed by atoms with Gasteiger partial charge in [-0.3, -0.25) is 9.69 Å². The van der Waals surface area contributed by atoms with Gasteiger partial charge in [0.05, 0.1) is 11.6 Å². The van der Waals surface area contributed by atoms with Crippen molar-refractivity contribution in [2.24, 2.45) is 0 Å².